The van der Waals surface area contributed by atoms with Crippen LogP contribution < -0.4 is 5.56 Å². The Kier molecular flexibility index (Phi) is 3.93. The largest absolute Gasteiger partial charge is 0.478 e. The number of carboxylic acids is 1. The van der Waals surface area contributed by atoms with Crippen LogP contribution in [0.2, 0.25) is 0 Å². The molecule has 0 aliphatic rings. The van der Waals surface area contributed by atoms with E-state index in [0.29, 0.717) is 6.54 Å². The quantitative estimate of drug-likeness (QED) is 0.850. The summed E-state index contributed by atoms with van der Waals surface area (Å²) in [4.78, 5) is 22.2. The Bertz CT molecular complexity index is 671. The van der Waals surface area contributed by atoms with Crippen molar-refractivity contribution in [1.29, 1.82) is 0 Å². The van der Waals surface area contributed by atoms with Crippen molar-refractivity contribution >= 4 is 12.0 Å². The molecule has 4 nitrogen and oxygen atoms in total. The molecule has 0 amide bonds. The van der Waals surface area contributed by atoms with Gasteiger partial charge in [0.15, 0.2) is 0 Å². The third kappa shape index (κ3) is 3.42. The van der Waals surface area contributed by atoms with E-state index in [1.807, 2.05) is 24.3 Å². The minimum Gasteiger partial charge on any atom is -0.478 e. The second kappa shape index (κ2) is 5.82. The molecule has 96 valence electrons. The Morgan fingerprint density at radius 3 is 2.63 bits per heavy atom. The van der Waals surface area contributed by atoms with E-state index in [0.717, 1.165) is 17.2 Å². The summed E-state index contributed by atoms with van der Waals surface area (Å²) in [6.07, 6.45) is 4.33. The molecule has 2 rings (SSSR count). The number of carboxylic acid groups (broad SMARTS) is 1. The van der Waals surface area contributed by atoms with Crippen LogP contribution in [0.4, 0.5) is 0 Å². The Labute approximate surface area is 110 Å². The fraction of sp³-hybridized carbons (Fsp3) is 0.0667. The van der Waals surface area contributed by atoms with E-state index in [2.05, 4.69) is 0 Å². The van der Waals surface area contributed by atoms with E-state index in [9.17, 15) is 9.59 Å². The molecule has 0 bridgehead atoms. The monoisotopic (exact) mass is 255 g/mol. The molecule has 0 fully saturated rings. The van der Waals surface area contributed by atoms with Gasteiger partial charge < -0.3 is 9.67 Å². The number of hydrogen-bond donors (Lipinski definition) is 1. The molecule has 0 atom stereocenters. The summed E-state index contributed by atoms with van der Waals surface area (Å²) in [7, 11) is 0. The number of pyridine rings is 1. The van der Waals surface area contributed by atoms with Gasteiger partial charge in [-0.25, -0.2) is 4.79 Å². The van der Waals surface area contributed by atoms with Crippen molar-refractivity contribution in [2.75, 3.05) is 0 Å². The van der Waals surface area contributed by atoms with Crippen LogP contribution in [0, 0.1) is 0 Å². The lowest BCUT2D eigenvalue weighted by Gasteiger charge is -2.08. The Balaban J connectivity index is 2.33. The molecule has 0 radical (unpaired) electrons. The molecule has 0 unspecified atom stereocenters. The van der Waals surface area contributed by atoms with Gasteiger partial charge in [0.2, 0.25) is 0 Å². The van der Waals surface area contributed by atoms with Gasteiger partial charge in [-0.3, -0.25) is 4.79 Å². The highest BCUT2D eigenvalue weighted by Gasteiger charge is 2.01. The minimum atomic E-state index is -0.994. The zero-order chi connectivity index (χ0) is 13.7. The average Bonchev–Trinajstić information content (AvgIpc) is 2.40. The van der Waals surface area contributed by atoms with Crippen molar-refractivity contribution in [2.24, 2.45) is 0 Å². The highest BCUT2D eigenvalue weighted by molar-refractivity contribution is 5.85. The van der Waals surface area contributed by atoms with Crippen LogP contribution in [0.1, 0.15) is 11.1 Å². The van der Waals surface area contributed by atoms with Gasteiger partial charge in [0, 0.05) is 18.3 Å². The predicted molar refractivity (Wildman–Crippen MR) is 72.9 cm³/mol. The standard InChI is InChI=1S/C15H13NO3/c17-14-7-3-4-10-16(14)11-13-6-2-1-5-12(13)8-9-15(18)19/h1-10H,11H2,(H,18,19)/b9-8+. The molecule has 1 aromatic heterocycles. The fourth-order valence-corrected chi connectivity index (χ4v) is 1.78. The first kappa shape index (κ1) is 12.8. The zero-order valence-corrected chi connectivity index (χ0v) is 10.2. The molecule has 2 aromatic rings. The average molecular weight is 255 g/mol. The van der Waals surface area contributed by atoms with Gasteiger partial charge in [0.05, 0.1) is 6.54 Å². The summed E-state index contributed by atoms with van der Waals surface area (Å²) >= 11 is 0. The van der Waals surface area contributed by atoms with Crippen molar-refractivity contribution in [1.82, 2.24) is 4.57 Å². The SMILES string of the molecule is O=C(O)/C=C/c1ccccc1Cn1ccccc1=O. The molecule has 0 spiro atoms. The Hall–Kier alpha value is -2.62. The number of nitrogens with zero attached hydrogens (tertiary/aromatic N) is 1. The highest BCUT2D eigenvalue weighted by Crippen LogP contribution is 2.11. The lowest BCUT2D eigenvalue weighted by atomic mass is 10.1. The van der Waals surface area contributed by atoms with E-state index >= 15 is 0 Å². The van der Waals surface area contributed by atoms with Crippen LogP contribution >= 0.6 is 0 Å². The molecule has 0 saturated heterocycles. The molecule has 19 heavy (non-hydrogen) atoms. The molecule has 4 heteroatoms. The van der Waals surface area contributed by atoms with Crippen LogP contribution in [0.15, 0.2) is 59.5 Å². The molecule has 1 heterocycles. The first-order valence-electron chi connectivity index (χ1n) is 5.81. The topological polar surface area (TPSA) is 59.3 Å². The Morgan fingerprint density at radius 2 is 1.89 bits per heavy atom. The van der Waals surface area contributed by atoms with Crippen LogP contribution in [0.25, 0.3) is 6.08 Å². The fourth-order valence-electron chi connectivity index (χ4n) is 1.78. The maximum Gasteiger partial charge on any atom is 0.328 e. The molecule has 0 aliphatic carbocycles. The van der Waals surface area contributed by atoms with E-state index in [-0.39, 0.29) is 5.56 Å². The maximum atomic E-state index is 11.7. The van der Waals surface area contributed by atoms with Crippen LogP contribution in [0.3, 0.4) is 0 Å². The van der Waals surface area contributed by atoms with Gasteiger partial charge in [-0.05, 0) is 23.3 Å². The summed E-state index contributed by atoms with van der Waals surface area (Å²) in [5.41, 5.74) is 1.61. The molecule has 1 N–H and O–H groups in total. The van der Waals surface area contributed by atoms with Gasteiger partial charge in [-0.15, -0.1) is 0 Å². The molecule has 0 saturated carbocycles. The lowest BCUT2D eigenvalue weighted by molar-refractivity contribution is -0.131. The van der Waals surface area contributed by atoms with E-state index in [4.69, 9.17) is 5.11 Å². The van der Waals surface area contributed by atoms with E-state index in [1.54, 1.807) is 22.9 Å². The lowest BCUT2D eigenvalue weighted by Crippen LogP contribution is -2.18. The van der Waals surface area contributed by atoms with Crippen LogP contribution in [0.5, 0.6) is 0 Å². The maximum absolute atomic E-state index is 11.7. The third-order valence-corrected chi connectivity index (χ3v) is 2.70. The van der Waals surface area contributed by atoms with Gasteiger partial charge in [-0.2, -0.15) is 0 Å². The smallest absolute Gasteiger partial charge is 0.328 e. The normalized spacial score (nSPS) is 10.7. The van der Waals surface area contributed by atoms with Crippen LogP contribution in [-0.4, -0.2) is 15.6 Å². The molecular formula is C15H13NO3. The number of rotatable bonds is 4. The van der Waals surface area contributed by atoms with Crippen LogP contribution in [-0.2, 0) is 11.3 Å². The zero-order valence-electron chi connectivity index (χ0n) is 10.2. The summed E-state index contributed by atoms with van der Waals surface area (Å²) in [5.74, 6) is -0.994. The van der Waals surface area contributed by atoms with E-state index in [1.165, 1.54) is 12.1 Å². The number of carbonyl (C=O) groups is 1. The summed E-state index contributed by atoms with van der Waals surface area (Å²) in [5, 5.41) is 8.66. The predicted octanol–water partition coefficient (Wildman–Crippen LogP) is 1.99. The summed E-state index contributed by atoms with van der Waals surface area (Å²) in [6, 6.07) is 12.4. The summed E-state index contributed by atoms with van der Waals surface area (Å²) in [6.45, 7) is 0.416. The first-order chi connectivity index (χ1) is 9.16. The number of aliphatic carboxylic acids is 1. The van der Waals surface area contributed by atoms with Gasteiger partial charge in [0.1, 0.15) is 0 Å². The number of benzene rings is 1. The van der Waals surface area contributed by atoms with Gasteiger partial charge in [0.25, 0.3) is 5.56 Å². The molecule has 1 aromatic carbocycles. The third-order valence-electron chi connectivity index (χ3n) is 2.70. The second-order valence-electron chi connectivity index (χ2n) is 4.04. The Morgan fingerprint density at radius 1 is 1.16 bits per heavy atom. The molecular weight excluding hydrogens is 242 g/mol. The van der Waals surface area contributed by atoms with Gasteiger partial charge >= 0.3 is 5.97 Å². The second-order valence-corrected chi connectivity index (χ2v) is 4.04. The van der Waals surface area contributed by atoms with E-state index < -0.39 is 5.97 Å². The van der Waals surface area contributed by atoms with Gasteiger partial charge in [-0.1, -0.05) is 30.3 Å². The highest BCUT2D eigenvalue weighted by atomic mass is 16.4. The van der Waals surface area contributed by atoms with Crippen molar-refractivity contribution < 1.29 is 9.90 Å². The summed E-state index contributed by atoms with van der Waals surface area (Å²) < 4.78 is 1.58. The van der Waals surface area contributed by atoms with Crippen molar-refractivity contribution in [3.05, 3.63) is 76.2 Å². The van der Waals surface area contributed by atoms with Crippen molar-refractivity contribution in [3.8, 4) is 0 Å². The minimum absolute atomic E-state index is 0.0838. The van der Waals surface area contributed by atoms with Crippen molar-refractivity contribution in [3.63, 3.8) is 0 Å². The number of aromatic nitrogens is 1. The first-order valence-corrected chi connectivity index (χ1v) is 5.81. The molecule has 0 aliphatic heterocycles. The van der Waals surface area contributed by atoms with Crippen molar-refractivity contribution in [2.45, 2.75) is 6.54 Å². The number of hydrogen-bond acceptors (Lipinski definition) is 2.